The number of benzene rings is 1. The average molecular weight is 221 g/mol. The van der Waals surface area contributed by atoms with Gasteiger partial charge in [0.1, 0.15) is 0 Å². The van der Waals surface area contributed by atoms with E-state index in [0.717, 1.165) is 12.0 Å². The summed E-state index contributed by atoms with van der Waals surface area (Å²) >= 11 is 0. The van der Waals surface area contributed by atoms with Crippen LogP contribution in [0.25, 0.3) is 0 Å². The number of carbonyl (C=O) groups is 1. The Balaban J connectivity index is 2.59. The van der Waals surface area contributed by atoms with Gasteiger partial charge in [-0.05, 0) is 24.0 Å². The van der Waals surface area contributed by atoms with E-state index in [-0.39, 0.29) is 5.91 Å². The van der Waals surface area contributed by atoms with Gasteiger partial charge in [0.15, 0.2) is 0 Å². The van der Waals surface area contributed by atoms with Crippen LogP contribution in [0.1, 0.15) is 36.7 Å². The summed E-state index contributed by atoms with van der Waals surface area (Å²) in [7, 11) is 0. The lowest BCUT2D eigenvalue weighted by Crippen LogP contribution is -2.26. The van der Waals surface area contributed by atoms with Crippen molar-refractivity contribution >= 4 is 5.91 Å². The highest BCUT2D eigenvalue weighted by molar-refractivity contribution is 5.94. The lowest BCUT2D eigenvalue weighted by molar-refractivity contribution is 0.0208. The van der Waals surface area contributed by atoms with E-state index in [2.05, 4.69) is 5.48 Å². The molecule has 1 aromatic rings. The standard InChI is InChI=1S/C13H19NO2/c1-4-11-7-5-6-8-12(11)13(15)14-16-9-10(2)3/h5-8,10H,4,9H2,1-3H3,(H,14,15). The van der Waals surface area contributed by atoms with Crippen LogP contribution in [0, 0.1) is 5.92 Å². The van der Waals surface area contributed by atoms with Gasteiger partial charge in [-0.2, -0.15) is 0 Å². The van der Waals surface area contributed by atoms with Gasteiger partial charge in [0.05, 0.1) is 6.61 Å². The molecule has 1 aromatic carbocycles. The lowest BCUT2D eigenvalue weighted by Gasteiger charge is -2.10. The predicted molar refractivity (Wildman–Crippen MR) is 64.1 cm³/mol. The second kappa shape index (κ2) is 6.28. The van der Waals surface area contributed by atoms with E-state index in [9.17, 15) is 4.79 Å². The molecule has 0 spiro atoms. The van der Waals surface area contributed by atoms with Crippen molar-refractivity contribution in [3.63, 3.8) is 0 Å². The van der Waals surface area contributed by atoms with E-state index in [0.29, 0.717) is 18.1 Å². The van der Waals surface area contributed by atoms with E-state index in [1.807, 2.05) is 45.0 Å². The zero-order valence-corrected chi connectivity index (χ0v) is 10.1. The fraction of sp³-hybridized carbons (Fsp3) is 0.462. The van der Waals surface area contributed by atoms with Crippen molar-refractivity contribution in [2.24, 2.45) is 5.92 Å². The maximum absolute atomic E-state index is 11.8. The molecule has 0 bridgehead atoms. The van der Waals surface area contributed by atoms with Gasteiger partial charge >= 0.3 is 0 Å². The Hall–Kier alpha value is -1.35. The Labute approximate surface area is 96.8 Å². The van der Waals surface area contributed by atoms with Crippen LogP contribution in [0.15, 0.2) is 24.3 Å². The van der Waals surface area contributed by atoms with Gasteiger partial charge in [0, 0.05) is 5.56 Å². The smallest absolute Gasteiger partial charge is 0.273 e. The second-order valence-electron chi connectivity index (χ2n) is 4.15. The monoisotopic (exact) mass is 221 g/mol. The van der Waals surface area contributed by atoms with Crippen LogP contribution >= 0.6 is 0 Å². The predicted octanol–water partition coefficient (Wildman–Crippen LogP) is 2.57. The summed E-state index contributed by atoms with van der Waals surface area (Å²) < 4.78 is 0. The molecule has 0 aliphatic rings. The molecule has 1 rings (SSSR count). The van der Waals surface area contributed by atoms with Gasteiger partial charge in [-0.3, -0.25) is 9.63 Å². The van der Waals surface area contributed by atoms with Gasteiger partial charge in [-0.1, -0.05) is 39.0 Å². The van der Waals surface area contributed by atoms with E-state index in [1.54, 1.807) is 0 Å². The van der Waals surface area contributed by atoms with E-state index in [1.165, 1.54) is 0 Å². The van der Waals surface area contributed by atoms with Crippen molar-refractivity contribution in [3.05, 3.63) is 35.4 Å². The molecule has 0 fully saturated rings. The molecule has 0 aliphatic carbocycles. The zero-order chi connectivity index (χ0) is 12.0. The van der Waals surface area contributed by atoms with E-state index < -0.39 is 0 Å². The van der Waals surface area contributed by atoms with E-state index >= 15 is 0 Å². The van der Waals surface area contributed by atoms with Gasteiger partial charge in [-0.15, -0.1) is 0 Å². The largest absolute Gasteiger partial charge is 0.275 e. The Morgan fingerprint density at radius 2 is 2.06 bits per heavy atom. The Kier molecular flexibility index (Phi) is 4.99. The molecule has 16 heavy (non-hydrogen) atoms. The minimum absolute atomic E-state index is 0.168. The second-order valence-corrected chi connectivity index (χ2v) is 4.15. The first-order valence-corrected chi connectivity index (χ1v) is 5.65. The molecule has 1 amide bonds. The number of hydroxylamine groups is 1. The van der Waals surface area contributed by atoms with Crippen LogP contribution in [0.3, 0.4) is 0 Å². The molecule has 0 atom stereocenters. The molecule has 0 radical (unpaired) electrons. The zero-order valence-electron chi connectivity index (χ0n) is 10.1. The van der Waals surface area contributed by atoms with Gasteiger partial charge < -0.3 is 0 Å². The first kappa shape index (κ1) is 12.7. The third kappa shape index (κ3) is 3.66. The van der Waals surface area contributed by atoms with Crippen LogP contribution in [-0.4, -0.2) is 12.5 Å². The highest BCUT2D eigenvalue weighted by Crippen LogP contribution is 2.09. The maximum Gasteiger partial charge on any atom is 0.275 e. The van der Waals surface area contributed by atoms with Crippen molar-refractivity contribution in [2.75, 3.05) is 6.61 Å². The van der Waals surface area contributed by atoms with Crippen LogP contribution in [0.4, 0.5) is 0 Å². The first-order chi connectivity index (χ1) is 7.65. The molecule has 0 unspecified atom stereocenters. The number of rotatable bonds is 5. The van der Waals surface area contributed by atoms with Crippen molar-refractivity contribution in [1.29, 1.82) is 0 Å². The fourth-order valence-corrected chi connectivity index (χ4v) is 1.38. The molecule has 3 nitrogen and oxygen atoms in total. The van der Waals surface area contributed by atoms with Gasteiger partial charge in [0.25, 0.3) is 5.91 Å². The molecule has 0 aromatic heterocycles. The Morgan fingerprint density at radius 1 is 1.38 bits per heavy atom. The van der Waals surface area contributed by atoms with Crippen molar-refractivity contribution < 1.29 is 9.63 Å². The van der Waals surface area contributed by atoms with Crippen LogP contribution in [-0.2, 0) is 11.3 Å². The molecular weight excluding hydrogens is 202 g/mol. The quantitative estimate of drug-likeness (QED) is 0.776. The molecule has 88 valence electrons. The summed E-state index contributed by atoms with van der Waals surface area (Å²) in [6.45, 7) is 6.62. The number of hydrogen-bond acceptors (Lipinski definition) is 2. The number of nitrogens with one attached hydrogen (secondary N) is 1. The summed E-state index contributed by atoms with van der Waals surface area (Å²) in [5, 5.41) is 0. The fourth-order valence-electron chi connectivity index (χ4n) is 1.38. The van der Waals surface area contributed by atoms with Crippen LogP contribution in [0.5, 0.6) is 0 Å². The third-order valence-electron chi connectivity index (χ3n) is 2.22. The Morgan fingerprint density at radius 3 is 2.69 bits per heavy atom. The SMILES string of the molecule is CCc1ccccc1C(=O)NOCC(C)C. The maximum atomic E-state index is 11.8. The van der Waals surface area contributed by atoms with Crippen LogP contribution < -0.4 is 5.48 Å². The normalized spacial score (nSPS) is 10.5. The Bertz CT molecular complexity index is 348. The molecule has 1 N–H and O–H groups in total. The number of hydrogen-bond donors (Lipinski definition) is 1. The number of carbonyl (C=O) groups excluding carboxylic acids is 1. The summed E-state index contributed by atoms with van der Waals surface area (Å²) in [6, 6.07) is 7.56. The molecule has 0 aliphatic heterocycles. The van der Waals surface area contributed by atoms with Gasteiger partial charge in [-0.25, -0.2) is 5.48 Å². The van der Waals surface area contributed by atoms with Crippen molar-refractivity contribution in [1.82, 2.24) is 5.48 Å². The molecule has 3 heteroatoms. The molecule has 0 heterocycles. The summed E-state index contributed by atoms with van der Waals surface area (Å²) in [5.74, 6) is 0.236. The minimum atomic E-state index is -0.168. The molecule has 0 saturated heterocycles. The van der Waals surface area contributed by atoms with E-state index in [4.69, 9.17) is 4.84 Å². The lowest BCUT2D eigenvalue weighted by atomic mass is 10.1. The van der Waals surface area contributed by atoms with Crippen LogP contribution in [0.2, 0.25) is 0 Å². The topological polar surface area (TPSA) is 38.3 Å². The average Bonchev–Trinajstić information content (AvgIpc) is 2.28. The summed E-state index contributed by atoms with van der Waals surface area (Å²) in [6.07, 6.45) is 0.841. The minimum Gasteiger partial charge on any atom is -0.273 e. The molecule has 0 saturated carbocycles. The highest BCUT2D eigenvalue weighted by atomic mass is 16.6. The highest BCUT2D eigenvalue weighted by Gasteiger charge is 2.09. The summed E-state index contributed by atoms with van der Waals surface area (Å²) in [4.78, 5) is 16.9. The summed E-state index contributed by atoms with van der Waals surface area (Å²) in [5.41, 5.74) is 4.19. The van der Waals surface area contributed by atoms with Gasteiger partial charge in [0.2, 0.25) is 0 Å². The first-order valence-electron chi connectivity index (χ1n) is 5.65. The third-order valence-corrected chi connectivity index (χ3v) is 2.22. The number of aryl methyl sites for hydroxylation is 1. The molecular formula is C13H19NO2. The van der Waals surface area contributed by atoms with Crippen molar-refractivity contribution in [3.8, 4) is 0 Å². The van der Waals surface area contributed by atoms with Crippen molar-refractivity contribution in [2.45, 2.75) is 27.2 Å². The number of amides is 1.